The number of aromatic nitrogens is 2. The summed E-state index contributed by atoms with van der Waals surface area (Å²) in [5.41, 5.74) is 6.20. The van der Waals surface area contributed by atoms with E-state index in [0.717, 1.165) is 6.54 Å². The first-order valence-corrected chi connectivity index (χ1v) is 9.01. The van der Waals surface area contributed by atoms with Crippen LogP contribution in [0.1, 0.15) is 19.8 Å². The highest BCUT2D eigenvalue weighted by Crippen LogP contribution is 2.38. The van der Waals surface area contributed by atoms with Crippen molar-refractivity contribution in [1.29, 1.82) is 0 Å². The van der Waals surface area contributed by atoms with Gasteiger partial charge in [-0.05, 0) is 35.4 Å². The Morgan fingerprint density at radius 1 is 0.960 bits per heavy atom. The average Bonchev–Trinajstić information content (AvgIpc) is 3.03. The summed E-state index contributed by atoms with van der Waals surface area (Å²) in [7, 11) is 2.16. The first-order chi connectivity index (χ1) is 12.3. The molecule has 25 heavy (non-hydrogen) atoms. The number of imidazole rings is 1. The van der Waals surface area contributed by atoms with Gasteiger partial charge >= 0.3 is 0 Å². The van der Waals surface area contributed by atoms with Gasteiger partial charge in [-0.15, -0.1) is 0 Å². The number of hydrogen-bond acceptors (Lipinski definition) is 1. The van der Waals surface area contributed by atoms with Crippen molar-refractivity contribution in [2.75, 3.05) is 11.9 Å². The molecule has 3 aromatic carbocycles. The van der Waals surface area contributed by atoms with E-state index in [1.165, 1.54) is 51.7 Å². The first kappa shape index (κ1) is 14.5. The van der Waals surface area contributed by atoms with Gasteiger partial charge in [0.25, 0.3) is 0 Å². The second-order valence-corrected chi connectivity index (χ2v) is 6.83. The molecule has 0 fully saturated rings. The number of benzene rings is 3. The highest BCUT2D eigenvalue weighted by atomic mass is 15.2. The van der Waals surface area contributed by atoms with Crippen molar-refractivity contribution >= 4 is 33.2 Å². The van der Waals surface area contributed by atoms with Crippen molar-refractivity contribution in [3.63, 3.8) is 0 Å². The fourth-order valence-corrected chi connectivity index (χ4v) is 3.92. The molecule has 1 aromatic heterocycles. The molecule has 0 aliphatic carbocycles. The SMILES string of the molecule is CCCCn1[c-][n+]2c3c(cccc31)N(C)c1cc3ccccc3cc1-2. The number of anilines is 2. The zero-order valence-electron chi connectivity index (χ0n) is 14.7. The number of rotatable bonds is 3. The minimum Gasteiger partial charge on any atom is -0.354 e. The van der Waals surface area contributed by atoms with Crippen LogP contribution in [-0.2, 0) is 6.54 Å². The molecule has 124 valence electrons. The molecule has 0 saturated heterocycles. The second-order valence-electron chi connectivity index (χ2n) is 6.83. The maximum Gasteiger partial charge on any atom is 0.244 e. The Bertz CT molecular complexity index is 1110. The van der Waals surface area contributed by atoms with E-state index in [1.54, 1.807) is 0 Å². The lowest BCUT2D eigenvalue weighted by Gasteiger charge is -2.30. The lowest BCUT2D eigenvalue weighted by atomic mass is 10.1. The van der Waals surface area contributed by atoms with Crippen LogP contribution in [0.3, 0.4) is 0 Å². The normalized spacial score (nSPS) is 12.8. The van der Waals surface area contributed by atoms with Crippen molar-refractivity contribution in [2.24, 2.45) is 0 Å². The zero-order chi connectivity index (χ0) is 17.0. The second kappa shape index (κ2) is 5.35. The van der Waals surface area contributed by atoms with Gasteiger partial charge in [-0.3, -0.25) is 0 Å². The largest absolute Gasteiger partial charge is 0.354 e. The lowest BCUT2D eigenvalue weighted by Crippen LogP contribution is -2.36. The molecular weight excluding hydrogens is 306 g/mol. The molecule has 3 heteroatoms. The third-order valence-electron chi connectivity index (χ3n) is 5.27. The number of aryl methyl sites for hydroxylation is 1. The minimum absolute atomic E-state index is 1.01. The predicted molar refractivity (Wildman–Crippen MR) is 103 cm³/mol. The van der Waals surface area contributed by atoms with Gasteiger partial charge in [0, 0.05) is 18.4 Å². The van der Waals surface area contributed by atoms with Gasteiger partial charge in [0.05, 0.1) is 23.3 Å². The maximum atomic E-state index is 3.61. The number of unbranched alkanes of at least 4 members (excludes halogenated alkanes) is 1. The van der Waals surface area contributed by atoms with Gasteiger partial charge in [0.1, 0.15) is 0 Å². The quantitative estimate of drug-likeness (QED) is 0.390. The molecule has 0 bridgehead atoms. The molecule has 3 nitrogen and oxygen atoms in total. The summed E-state index contributed by atoms with van der Waals surface area (Å²) in [4.78, 5) is 2.31. The highest BCUT2D eigenvalue weighted by molar-refractivity contribution is 5.96. The lowest BCUT2D eigenvalue weighted by molar-refractivity contribution is -0.572. The Morgan fingerprint density at radius 2 is 1.76 bits per heavy atom. The van der Waals surface area contributed by atoms with E-state index < -0.39 is 0 Å². The standard InChI is InChI=1S/C22H21N3/c1-3-4-12-24-15-25-21-14-17-9-6-5-8-16(17)13-20(21)23(2)18-10-7-11-19(24)22(18)25/h5-11,13-14H,3-4,12H2,1-2H3. The minimum atomic E-state index is 1.01. The van der Waals surface area contributed by atoms with Gasteiger partial charge < -0.3 is 14.0 Å². The van der Waals surface area contributed by atoms with Gasteiger partial charge in [-0.25, -0.2) is 0 Å². The topological polar surface area (TPSA) is 12.0 Å². The van der Waals surface area contributed by atoms with Crippen LogP contribution in [0.25, 0.3) is 27.5 Å². The van der Waals surface area contributed by atoms with Crippen LogP contribution in [0.5, 0.6) is 0 Å². The maximum absolute atomic E-state index is 3.61. The van der Waals surface area contributed by atoms with Crippen molar-refractivity contribution < 1.29 is 4.57 Å². The molecule has 1 aliphatic rings. The van der Waals surface area contributed by atoms with Crippen LogP contribution < -0.4 is 9.47 Å². The third-order valence-corrected chi connectivity index (χ3v) is 5.27. The van der Waals surface area contributed by atoms with Crippen LogP contribution in [0, 0.1) is 6.33 Å². The molecule has 4 aromatic rings. The Morgan fingerprint density at radius 3 is 2.56 bits per heavy atom. The fourth-order valence-electron chi connectivity index (χ4n) is 3.92. The summed E-state index contributed by atoms with van der Waals surface area (Å²) in [5, 5.41) is 2.54. The van der Waals surface area contributed by atoms with Crippen LogP contribution in [0.15, 0.2) is 54.6 Å². The van der Waals surface area contributed by atoms with Gasteiger partial charge in [0.2, 0.25) is 6.33 Å². The fraction of sp³-hybridized carbons (Fsp3) is 0.227. The summed E-state index contributed by atoms with van der Waals surface area (Å²) in [6.07, 6.45) is 5.97. The van der Waals surface area contributed by atoms with Crippen LogP contribution in [0.2, 0.25) is 0 Å². The summed E-state index contributed by atoms with van der Waals surface area (Å²) < 4.78 is 4.53. The van der Waals surface area contributed by atoms with Crippen molar-refractivity contribution in [2.45, 2.75) is 26.3 Å². The molecule has 0 saturated carbocycles. The number of nitrogens with zero attached hydrogens (tertiary/aromatic N) is 3. The molecule has 0 spiro atoms. The zero-order valence-corrected chi connectivity index (χ0v) is 14.7. The average molecular weight is 327 g/mol. The van der Waals surface area contributed by atoms with Gasteiger partial charge in [-0.2, -0.15) is 0 Å². The highest BCUT2D eigenvalue weighted by Gasteiger charge is 2.23. The molecular formula is C22H21N3. The number of para-hydroxylation sites is 1. The molecule has 0 N–H and O–H groups in total. The molecule has 5 rings (SSSR count). The Kier molecular flexibility index (Phi) is 3.11. The van der Waals surface area contributed by atoms with Crippen LogP contribution in [-0.4, -0.2) is 11.6 Å². The van der Waals surface area contributed by atoms with Crippen molar-refractivity contribution in [3.8, 4) is 5.69 Å². The number of hydrogen-bond donors (Lipinski definition) is 0. The Balaban J connectivity index is 1.84. The molecule has 1 aliphatic heterocycles. The van der Waals surface area contributed by atoms with E-state index in [1.807, 2.05) is 0 Å². The van der Waals surface area contributed by atoms with Crippen LogP contribution in [0.4, 0.5) is 11.4 Å². The van der Waals surface area contributed by atoms with E-state index >= 15 is 0 Å². The van der Waals surface area contributed by atoms with Gasteiger partial charge in [-0.1, -0.05) is 49.7 Å². The van der Waals surface area contributed by atoms with E-state index in [0.29, 0.717) is 0 Å². The number of fused-ring (bicyclic) bond motifs is 3. The Labute approximate surface area is 147 Å². The van der Waals surface area contributed by atoms with Crippen molar-refractivity contribution in [1.82, 2.24) is 4.57 Å². The molecule has 0 amide bonds. The summed E-state index contributed by atoms with van der Waals surface area (Å²) in [6.45, 7) is 3.24. The monoisotopic (exact) mass is 327 g/mol. The van der Waals surface area contributed by atoms with Crippen LogP contribution >= 0.6 is 0 Å². The summed E-state index contributed by atoms with van der Waals surface area (Å²) in [6, 6.07) is 19.7. The molecule has 2 heterocycles. The van der Waals surface area contributed by atoms with E-state index in [9.17, 15) is 0 Å². The molecule has 0 radical (unpaired) electrons. The van der Waals surface area contributed by atoms with Gasteiger partial charge in [0.15, 0.2) is 0 Å². The predicted octanol–water partition coefficient (Wildman–Crippen LogP) is 4.75. The van der Waals surface area contributed by atoms with E-state index in [2.05, 4.69) is 88.9 Å². The van der Waals surface area contributed by atoms with E-state index in [4.69, 9.17) is 0 Å². The smallest absolute Gasteiger partial charge is 0.244 e. The summed E-state index contributed by atoms with van der Waals surface area (Å²) >= 11 is 0. The molecule has 0 atom stereocenters. The molecule has 0 unspecified atom stereocenters. The first-order valence-electron chi connectivity index (χ1n) is 9.01. The third kappa shape index (κ3) is 2.02. The van der Waals surface area contributed by atoms with Crippen molar-refractivity contribution in [3.05, 3.63) is 60.9 Å². The summed E-state index contributed by atoms with van der Waals surface area (Å²) in [5.74, 6) is 0. The van der Waals surface area contributed by atoms with E-state index in [-0.39, 0.29) is 0 Å². The Hall–Kier alpha value is -2.81.